The van der Waals surface area contributed by atoms with Gasteiger partial charge in [-0.1, -0.05) is 36.4 Å². The Hall–Kier alpha value is -3.74. The first-order valence-corrected chi connectivity index (χ1v) is 9.60. The summed E-state index contributed by atoms with van der Waals surface area (Å²) in [5, 5.41) is 12.6. The minimum Gasteiger partial charge on any atom is -0.324 e. The van der Waals surface area contributed by atoms with Crippen molar-refractivity contribution < 1.29 is 4.79 Å². The van der Waals surface area contributed by atoms with Crippen LogP contribution in [0.3, 0.4) is 0 Å². The van der Waals surface area contributed by atoms with Crippen LogP contribution in [-0.2, 0) is 11.3 Å². The van der Waals surface area contributed by atoms with Crippen molar-refractivity contribution >= 4 is 22.5 Å². The summed E-state index contributed by atoms with van der Waals surface area (Å²) in [5.74, 6) is 0.0210. The number of carbonyl (C=O) groups is 1. The summed E-state index contributed by atoms with van der Waals surface area (Å²) in [6.07, 6.45) is 3.78. The quantitative estimate of drug-likeness (QED) is 0.572. The minimum atomic E-state index is -0.325. The average molecular weight is 385 g/mol. The van der Waals surface area contributed by atoms with Crippen LogP contribution in [0.15, 0.2) is 71.7 Å². The van der Waals surface area contributed by atoms with Gasteiger partial charge in [-0.2, -0.15) is 10.2 Å². The number of fused-ring (bicyclic) bond motifs is 1. The molecule has 7 nitrogen and oxygen atoms in total. The van der Waals surface area contributed by atoms with Gasteiger partial charge in [0.05, 0.1) is 17.6 Å². The number of hydrogen-bond acceptors (Lipinski definition) is 4. The topological polar surface area (TPSA) is 81.8 Å². The van der Waals surface area contributed by atoms with Crippen LogP contribution in [0, 0.1) is 0 Å². The molecule has 5 rings (SSSR count). The molecule has 0 unspecified atom stereocenters. The molecule has 7 heteroatoms. The van der Waals surface area contributed by atoms with Crippen LogP contribution in [0.1, 0.15) is 24.5 Å². The van der Waals surface area contributed by atoms with Gasteiger partial charge in [-0.05, 0) is 37.1 Å². The van der Waals surface area contributed by atoms with Crippen LogP contribution in [-0.4, -0.2) is 25.5 Å². The third-order valence-corrected chi connectivity index (χ3v) is 5.03. The molecule has 1 aliphatic rings. The first-order chi connectivity index (χ1) is 14.2. The van der Waals surface area contributed by atoms with Gasteiger partial charge in [-0.15, -0.1) is 0 Å². The maximum atomic E-state index is 13.2. The number of anilines is 1. The van der Waals surface area contributed by atoms with Gasteiger partial charge in [0.1, 0.15) is 12.1 Å². The van der Waals surface area contributed by atoms with Crippen molar-refractivity contribution in [1.29, 1.82) is 0 Å². The van der Waals surface area contributed by atoms with Crippen molar-refractivity contribution in [2.75, 3.05) is 5.32 Å². The maximum Gasteiger partial charge on any atom is 0.293 e. The second-order valence-electron chi connectivity index (χ2n) is 7.19. The van der Waals surface area contributed by atoms with E-state index < -0.39 is 0 Å². The number of carbonyl (C=O) groups excluding carboxylic acids is 1. The van der Waals surface area contributed by atoms with Gasteiger partial charge in [0.2, 0.25) is 5.91 Å². The van der Waals surface area contributed by atoms with Crippen molar-refractivity contribution in [3.63, 3.8) is 0 Å². The Labute approximate surface area is 166 Å². The molecule has 4 aromatic rings. The van der Waals surface area contributed by atoms with Crippen LogP contribution in [0.4, 0.5) is 5.69 Å². The fourth-order valence-electron chi connectivity index (χ4n) is 3.48. The number of nitrogens with one attached hydrogen (secondary N) is 1. The third kappa shape index (κ3) is 3.31. The van der Waals surface area contributed by atoms with E-state index in [1.807, 2.05) is 48.5 Å². The Bertz CT molecular complexity index is 1240. The van der Waals surface area contributed by atoms with Crippen LogP contribution in [0.2, 0.25) is 0 Å². The SMILES string of the molecule is O=C(Cn1nc(C2CC2)c2cnn(-c3ccccc3)c2c1=O)Nc1ccccc1. The van der Waals surface area contributed by atoms with Crippen LogP contribution in [0.25, 0.3) is 16.6 Å². The van der Waals surface area contributed by atoms with Crippen molar-refractivity contribution in [3.8, 4) is 5.69 Å². The molecule has 0 radical (unpaired) electrons. The third-order valence-electron chi connectivity index (χ3n) is 5.03. The zero-order valence-corrected chi connectivity index (χ0v) is 15.7. The summed E-state index contributed by atoms with van der Waals surface area (Å²) in [7, 11) is 0. The molecular weight excluding hydrogens is 366 g/mol. The second kappa shape index (κ2) is 7.01. The number of aromatic nitrogens is 4. The van der Waals surface area contributed by atoms with Gasteiger partial charge >= 0.3 is 0 Å². The Balaban J connectivity index is 1.58. The van der Waals surface area contributed by atoms with Gasteiger partial charge < -0.3 is 5.32 Å². The standard InChI is InChI=1S/C22H19N5O2/c28-19(24-16-7-3-1-4-8-16)14-26-22(29)21-18(20(25-26)15-11-12-15)13-23-27(21)17-9-5-2-6-10-17/h1-10,13,15H,11-12,14H2,(H,24,28). The number of nitrogens with zero attached hydrogens (tertiary/aromatic N) is 4. The summed E-state index contributed by atoms with van der Waals surface area (Å²) in [4.78, 5) is 25.8. The van der Waals surface area contributed by atoms with E-state index in [-0.39, 0.29) is 18.0 Å². The lowest BCUT2D eigenvalue weighted by Crippen LogP contribution is -2.31. The van der Waals surface area contributed by atoms with Gasteiger partial charge in [-0.3, -0.25) is 9.59 Å². The monoisotopic (exact) mass is 385 g/mol. The molecule has 144 valence electrons. The highest BCUT2D eigenvalue weighted by Crippen LogP contribution is 2.41. The van der Waals surface area contributed by atoms with Gasteiger partial charge in [0.25, 0.3) is 5.56 Å². The largest absolute Gasteiger partial charge is 0.324 e. The summed E-state index contributed by atoms with van der Waals surface area (Å²) in [6.45, 7) is -0.149. The van der Waals surface area contributed by atoms with Crippen molar-refractivity contribution in [3.05, 3.63) is 82.9 Å². The molecule has 1 fully saturated rings. The zero-order valence-electron chi connectivity index (χ0n) is 15.7. The van der Waals surface area contributed by atoms with E-state index in [1.54, 1.807) is 23.0 Å². The average Bonchev–Trinajstić information content (AvgIpc) is 3.49. The van der Waals surface area contributed by atoms with E-state index in [0.717, 1.165) is 29.6 Å². The molecule has 0 spiro atoms. The molecule has 29 heavy (non-hydrogen) atoms. The van der Waals surface area contributed by atoms with Crippen molar-refractivity contribution in [2.24, 2.45) is 0 Å². The zero-order chi connectivity index (χ0) is 19.8. The predicted octanol–water partition coefficient (Wildman–Crippen LogP) is 3.10. The lowest BCUT2D eigenvalue weighted by molar-refractivity contribution is -0.117. The molecule has 1 saturated carbocycles. The van der Waals surface area contributed by atoms with Gasteiger partial charge in [-0.25, -0.2) is 9.36 Å². The highest BCUT2D eigenvalue weighted by Gasteiger charge is 2.30. The summed E-state index contributed by atoms with van der Waals surface area (Å²) < 4.78 is 2.90. The predicted molar refractivity (Wildman–Crippen MR) is 110 cm³/mol. The smallest absolute Gasteiger partial charge is 0.293 e. The Morgan fingerprint density at radius 3 is 2.41 bits per heavy atom. The molecular formula is C22H19N5O2. The normalized spacial score (nSPS) is 13.5. The molecule has 0 atom stereocenters. The summed E-state index contributed by atoms with van der Waals surface area (Å²) in [6, 6.07) is 18.7. The summed E-state index contributed by atoms with van der Waals surface area (Å²) >= 11 is 0. The Morgan fingerprint density at radius 2 is 1.72 bits per heavy atom. The molecule has 2 aromatic heterocycles. The molecule has 0 saturated heterocycles. The number of para-hydroxylation sites is 2. The van der Waals surface area contributed by atoms with Crippen LogP contribution < -0.4 is 10.9 Å². The fraction of sp³-hybridized carbons (Fsp3) is 0.182. The first-order valence-electron chi connectivity index (χ1n) is 9.60. The lowest BCUT2D eigenvalue weighted by Gasteiger charge is -2.10. The second-order valence-corrected chi connectivity index (χ2v) is 7.19. The number of hydrogen-bond donors (Lipinski definition) is 1. The molecule has 1 N–H and O–H groups in total. The Kier molecular flexibility index (Phi) is 4.20. The molecule has 0 aliphatic heterocycles. The Morgan fingerprint density at radius 1 is 1.03 bits per heavy atom. The van der Waals surface area contributed by atoms with E-state index in [9.17, 15) is 9.59 Å². The molecule has 0 bridgehead atoms. The molecule has 1 aliphatic carbocycles. The molecule has 2 aromatic carbocycles. The highest BCUT2D eigenvalue weighted by molar-refractivity contribution is 5.90. The number of rotatable bonds is 5. The number of benzene rings is 2. The van der Waals surface area contributed by atoms with Gasteiger partial charge in [0.15, 0.2) is 0 Å². The van der Waals surface area contributed by atoms with E-state index in [0.29, 0.717) is 17.1 Å². The highest BCUT2D eigenvalue weighted by atomic mass is 16.2. The fourth-order valence-corrected chi connectivity index (χ4v) is 3.48. The molecule has 2 heterocycles. The van der Waals surface area contributed by atoms with E-state index in [2.05, 4.69) is 15.5 Å². The van der Waals surface area contributed by atoms with Crippen molar-refractivity contribution in [1.82, 2.24) is 19.6 Å². The molecule has 1 amide bonds. The number of amides is 1. The van der Waals surface area contributed by atoms with E-state index >= 15 is 0 Å². The first kappa shape index (κ1) is 17.4. The van der Waals surface area contributed by atoms with E-state index in [1.165, 1.54) is 4.68 Å². The van der Waals surface area contributed by atoms with Gasteiger partial charge in [0, 0.05) is 17.0 Å². The van der Waals surface area contributed by atoms with Crippen LogP contribution in [0.5, 0.6) is 0 Å². The lowest BCUT2D eigenvalue weighted by atomic mass is 10.2. The van der Waals surface area contributed by atoms with E-state index in [4.69, 9.17) is 0 Å². The van der Waals surface area contributed by atoms with Crippen molar-refractivity contribution in [2.45, 2.75) is 25.3 Å². The summed E-state index contributed by atoms with van der Waals surface area (Å²) in [5.41, 5.74) is 2.46. The minimum absolute atomic E-state index is 0.149. The maximum absolute atomic E-state index is 13.2. The van der Waals surface area contributed by atoms with Crippen LogP contribution >= 0.6 is 0 Å².